The van der Waals surface area contributed by atoms with Crippen LogP contribution in [0.2, 0.25) is 0 Å². The smallest absolute Gasteiger partial charge is 0.0675 e. The summed E-state index contributed by atoms with van der Waals surface area (Å²) >= 11 is 0. The topological polar surface area (TPSA) is 29.9 Å². The lowest BCUT2D eigenvalue weighted by molar-refractivity contribution is 0.569. The van der Waals surface area contributed by atoms with Gasteiger partial charge in [-0.2, -0.15) is 5.10 Å². The van der Waals surface area contributed by atoms with E-state index < -0.39 is 0 Å². The van der Waals surface area contributed by atoms with E-state index in [1.807, 2.05) is 7.05 Å². The SMILES string of the molecule is CNCCn1nc(C)c(-c2ccccc2C)c1C. The van der Waals surface area contributed by atoms with E-state index in [-0.39, 0.29) is 0 Å². The first-order chi connectivity index (χ1) is 8.65. The molecule has 3 heteroatoms. The molecular formula is C15H21N3. The Morgan fingerprint density at radius 2 is 1.89 bits per heavy atom. The maximum atomic E-state index is 4.64. The quantitative estimate of drug-likeness (QED) is 0.894. The van der Waals surface area contributed by atoms with Gasteiger partial charge in [-0.05, 0) is 38.9 Å². The lowest BCUT2D eigenvalue weighted by Crippen LogP contribution is -2.16. The van der Waals surface area contributed by atoms with Crippen molar-refractivity contribution in [3.8, 4) is 11.1 Å². The van der Waals surface area contributed by atoms with Crippen LogP contribution in [0.4, 0.5) is 0 Å². The average molecular weight is 243 g/mol. The summed E-state index contributed by atoms with van der Waals surface area (Å²) in [6.07, 6.45) is 0. The predicted octanol–water partition coefficient (Wildman–Crippen LogP) is 2.69. The van der Waals surface area contributed by atoms with Crippen LogP contribution in [-0.4, -0.2) is 23.4 Å². The Hall–Kier alpha value is -1.61. The molecule has 0 aliphatic carbocycles. The van der Waals surface area contributed by atoms with Gasteiger partial charge in [0, 0.05) is 17.8 Å². The number of rotatable bonds is 4. The summed E-state index contributed by atoms with van der Waals surface area (Å²) in [5.74, 6) is 0. The van der Waals surface area contributed by atoms with Crippen LogP contribution in [0.25, 0.3) is 11.1 Å². The third-order valence-electron chi connectivity index (χ3n) is 3.37. The third kappa shape index (κ3) is 2.31. The zero-order valence-corrected chi connectivity index (χ0v) is 11.6. The van der Waals surface area contributed by atoms with Gasteiger partial charge < -0.3 is 5.32 Å². The van der Waals surface area contributed by atoms with Crippen molar-refractivity contribution in [3.05, 3.63) is 41.2 Å². The Kier molecular flexibility index (Phi) is 3.82. The Morgan fingerprint density at radius 3 is 2.56 bits per heavy atom. The highest BCUT2D eigenvalue weighted by Crippen LogP contribution is 2.29. The maximum absolute atomic E-state index is 4.64. The summed E-state index contributed by atoms with van der Waals surface area (Å²) in [6.45, 7) is 8.24. The molecule has 96 valence electrons. The highest BCUT2D eigenvalue weighted by Gasteiger charge is 2.14. The van der Waals surface area contributed by atoms with E-state index >= 15 is 0 Å². The lowest BCUT2D eigenvalue weighted by atomic mass is 9.99. The second-order valence-corrected chi connectivity index (χ2v) is 4.69. The fraction of sp³-hybridized carbons (Fsp3) is 0.400. The number of aromatic nitrogens is 2. The van der Waals surface area contributed by atoms with E-state index in [2.05, 4.69) is 60.1 Å². The van der Waals surface area contributed by atoms with Crippen LogP contribution in [0.15, 0.2) is 24.3 Å². The molecule has 0 aliphatic rings. The second-order valence-electron chi connectivity index (χ2n) is 4.69. The van der Waals surface area contributed by atoms with E-state index in [4.69, 9.17) is 0 Å². The molecule has 0 fully saturated rings. The molecule has 0 bridgehead atoms. The van der Waals surface area contributed by atoms with Crippen LogP contribution in [0.1, 0.15) is 17.0 Å². The van der Waals surface area contributed by atoms with Gasteiger partial charge in [0.05, 0.1) is 12.2 Å². The van der Waals surface area contributed by atoms with E-state index in [0.717, 1.165) is 18.8 Å². The van der Waals surface area contributed by atoms with Crippen LogP contribution < -0.4 is 5.32 Å². The van der Waals surface area contributed by atoms with Gasteiger partial charge in [0.1, 0.15) is 0 Å². The number of likely N-dealkylation sites (N-methyl/N-ethyl adjacent to an activating group) is 1. The summed E-state index contributed by atoms with van der Waals surface area (Å²) in [7, 11) is 1.97. The summed E-state index contributed by atoms with van der Waals surface area (Å²) < 4.78 is 2.09. The van der Waals surface area contributed by atoms with E-state index in [0.29, 0.717) is 0 Å². The van der Waals surface area contributed by atoms with Crippen LogP contribution in [-0.2, 0) is 6.54 Å². The van der Waals surface area contributed by atoms with Gasteiger partial charge in [0.2, 0.25) is 0 Å². The molecule has 1 aromatic carbocycles. The minimum atomic E-state index is 0.912. The summed E-state index contributed by atoms with van der Waals surface area (Å²) in [5, 5.41) is 7.80. The molecule has 0 spiro atoms. The molecule has 0 radical (unpaired) electrons. The zero-order valence-electron chi connectivity index (χ0n) is 11.6. The molecule has 2 rings (SSSR count). The molecule has 0 unspecified atom stereocenters. The van der Waals surface area contributed by atoms with Gasteiger partial charge in [-0.3, -0.25) is 4.68 Å². The summed E-state index contributed by atoms with van der Waals surface area (Å²) in [6, 6.07) is 8.50. The van der Waals surface area contributed by atoms with Crippen LogP contribution in [0.5, 0.6) is 0 Å². The van der Waals surface area contributed by atoms with Crippen molar-refractivity contribution in [1.29, 1.82) is 0 Å². The molecule has 0 amide bonds. The molecule has 2 aromatic rings. The zero-order chi connectivity index (χ0) is 13.1. The Morgan fingerprint density at radius 1 is 1.17 bits per heavy atom. The first kappa shape index (κ1) is 12.8. The molecular weight excluding hydrogens is 222 g/mol. The van der Waals surface area contributed by atoms with Crippen molar-refractivity contribution in [2.75, 3.05) is 13.6 Å². The lowest BCUT2D eigenvalue weighted by Gasteiger charge is -2.07. The van der Waals surface area contributed by atoms with Crippen molar-refractivity contribution in [3.63, 3.8) is 0 Å². The molecule has 0 atom stereocenters. The minimum absolute atomic E-state index is 0.912. The molecule has 1 N–H and O–H groups in total. The fourth-order valence-electron chi connectivity index (χ4n) is 2.38. The number of nitrogens with one attached hydrogen (secondary N) is 1. The molecule has 1 heterocycles. The molecule has 1 aromatic heterocycles. The van der Waals surface area contributed by atoms with Gasteiger partial charge in [0.15, 0.2) is 0 Å². The number of hydrogen-bond donors (Lipinski definition) is 1. The standard InChI is InChI=1S/C15H21N3/c1-11-7-5-6-8-14(11)15-12(2)17-18(13(15)3)10-9-16-4/h5-8,16H,9-10H2,1-4H3. The van der Waals surface area contributed by atoms with Crippen LogP contribution in [0.3, 0.4) is 0 Å². The normalized spacial score (nSPS) is 10.9. The highest BCUT2D eigenvalue weighted by atomic mass is 15.3. The molecule has 0 aliphatic heterocycles. The average Bonchev–Trinajstić information content (AvgIpc) is 2.63. The molecule has 0 saturated heterocycles. The Bertz CT molecular complexity index is 541. The Labute approximate surface area is 109 Å². The first-order valence-corrected chi connectivity index (χ1v) is 6.39. The highest BCUT2D eigenvalue weighted by molar-refractivity contribution is 5.71. The van der Waals surface area contributed by atoms with E-state index in [9.17, 15) is 0 Å². The Balaban J connectivity index is 2.46. The van der Waals surface area contributed by atoms with E-state index in [1.54, 1.807) is 0 Å². The third-order valence-corrected chi connectivity index (χ3v) is 3.37. The second kappa shape index (κ2) is 5.36. The van der Waals surface area contributed by atoms with Gasteiger partial charge >= 0.3 is 0 Å². The van der Waals surface area contributed by atoms with Gasteiger partial charge in [-0.1, -0.05) is 24.3 Å². The van der Waals surface area contributed by atoms with E-state index in [1.165, 1.54) is 22.4 Å². The minimum Gasteiger partial charge on any atom is -0.318 e. The van der Waals surface area contributed by atoms with Crippen molar-refractivity contribution in [1.82, 2.24) is 15.1 Å². The first-order valence-electron chi connectivity index (χ1n) is 6.39. The number of benzene rings is 1. The number of nitrogens with zero attached hydrogens (tertiary/aromatic N) is 2. The molecule has 0 saturated carbocycles. The van der Waals surface area contributed by atoms with Crippen molar-refractivity contribution in [2.45, 2.75) is 27.3 Å². The monoisotopic (exact) mass is 243 g/mol. The van der Waals surface area contributed by atoms with Gasteiger partial charge in [-0.15, -0.1) is 0 Å². The van der Waals surface area contributed by atoms with Gasteiger partial charge in [-0.25, -0.2) is 0 Å². The largest absolute Gasteiger partial charge is 0.318 e. The van der Waals surface area contributed by atoms with Crippen LogP contribution >= 0.6 is 0 Å². The molecule has 3 nitrogen and oxygen atoms in total. The maximum Gasteiger partial charge on any atom is 0.0675 e. The number of aryl methyl sites for hydroxylation is 2. The molecule has 18 heavy (non-hydrogen) atoms. The van der Waals surface area contributed by atoms with Crippen molar-refractivity contribution < 1.29 is 0 Å². The van der Waals surface area contributed by atoms with Gasteiger partial charge in [0.25, 0.3) is 0 Å². The summed E-state index contributed by atoms with van der Waals surface area (Å²) in [5.41, 5.74) is 6.24. The number of hydrogen-bond acceptors (Lipinski definition) is 2. The van der Waals surface area contributed by atoms with Crippen LogP contribution in [0, 0.1) is 20.8 Å². The fourth-order valence-corrected chi connectivity index (χ4v) is 2.38. The summed E-state index contributed by atoms with van der Waals surface area (Å²) in [4.78, 5) is 0. The van der Waals surface area contributed by atoms with Crippen molar-refractivity contribution in [2.24, 2.45) is 0 Å². The predicted molar refractivity (Wildman–Crippen MR) is 75.8 cm³/mol. The van der Waals surface area contributed by atoms with Crippen molar-refractivity contribution >= 4 is 0 Å².